The summed E-state index contributed by atoms with van der Waals surface area (Å²) in [6.45, 7) is 0. The van der Waals surface area contributed by atoms with Crippen LogP contribution in [-0.4, -0.2) is 16.1 Å². The minimum atomic E-state index is -0.957. The number of aromatic carboxylic acids is 1. The van der Waals surface area contributed by atoms with Crippen molar-refractivity contribution in [2.75, 3.05) is 0 Å². The topological polar surface area (TPSA) is 63.3 Å². The Morgan fingerprint density at radius 3 is 2.89 bits per heavy atom. The monoisotopic (exact) mass is 245 g/mol. The molecule has 94 valence electrons. The molecular weight excluding hydrogens is 230 g/mol. The van der Waals surface area contributed by atoms with E-state index < -0.39 is 5.97 Å². The fraction of sp³-hybridized carbons (Fsp3) is 0.429. The van der Waals surface area contributed by atoms with E-state index in [4.69, 9.17) is 9.52 Å². The first kappa shape index (κ1) is 11.3. The number of oxazole rings is 1. The number of carboxylic acid groups (broad SMARTS) is 1. The van der Waals surface area contributed by atoms with E-state index in [2.05, 4.69) is 4.98 Å². The van der Waals surface area contributed by atoms with Crippen molar-refractivity contribution in [1.29, 1.82) is 0 Å². The standard InChI is InChI=1S/C14H15NO3/c16-14(17)10-6-3-7-11-13(10)15-12(18-11)8-9-4-1-2-5-9/h3,6-7,9H,1-2,4-5,8H2,(H,16,17). The molecule has 0 amide bonds. The zero-order chi connectivity index (χ0) is 12.5. The molecule has 0 unspecified atom stereocenters. The molecule has 2 aromatic rings. The average Bonchev–Trinajstić information content (AvgIpc) is 2.96. The summed E-state index contributed by atoms with van der Waals surface area (Å²) in [5.74, 6) is 0.359. The number of carbonyl (C=O) groups is 1. The predicted octanol–water partition coefficient (Wildman–Crippen LogP) is 3.26. The molecule has 1 saturated carbocycles. The minimum absolute atomic E-state index is 0.217. The Balaban J connectivity index is 1.94. The summed E-state index contributed by atoms with van der Waals surface area (Å²) >= 11 is 0. The van der Waals surface area contributed by atoms with Crippen molar-refractivity contribution in [3.8, 4) is 0 Å². The minimum Gasteiger partial charge on any atom is -0.478 e. The van der Waals surface area contributed by atoms with Crippen molar-refractivity contribution in [1.82, 2.24) is 4.98 Å². The van der Waals surface area contributed by atoms with E-state index >= 15 is 0 Å². The number of rotatable bonds is 3. The summed E-state index contributed by atoms with van der Waals surface area (Å²) < 4.78 is 5.65. The van der Waals surface area contributed by atoms with E-state index in [1.807, 2.05) is 0 Å². The van der Waals surface area contributed by atoms with E-state index in [0.717, 1.165) is 6.42 Å². The number of hydrogen-bond donors (Lipinski definition) is 1. The Kier molecular flexibility index (Phi) is 2.78. The zero-order valence-electron chi connectivity index (χ0n) is 10.1. The lowest BCUT2D eigenvalue weighted by molar-refractivity contribution is 0.0699. The molecule has 0 atom stereocenters. The second kappa shape index (κ2) is 4.44. The number of aromatic nitrogens is 1. The van der Waals surface area contributed by atoms with Gasteiger partial charge in [0.05, 0.1) is 5.56 Å². The zero-order valence-corrected chi connectivity index (χ0v) is 10.1. The maximum absolute atomic E-state index is 11.1. The van der Waals surface area contributed by atoms with Crippen molar-refractivity contribution in [2.24, 2.45) is 5.92 Å². The Labute approximate surface area is 105 Å². The first-order valence-corrected chi connectivity index (χ1v) is 6.36. The number of fused-ring (bicyclic) bond motifs is 1. The number of hydrogen-bond acceptors (Lipinski definition) is 3. The molecule has 0 bridgehead atoms. The van der Waals surface area contributed by atoms with Gasteiger partial charge in [-0.05, 0) is 30.9 Å². The quantitative estimate of drug-likeness (QED) is 0.901. The van der Waals surface area contributed by atoms with Gasteiger partial charge < -0.3 is 9.52 Å². The normalized spacial score (nSPS) is 16.4. The Bertz CT molecular complexity index is 582. The maximum atomic E-state index is 11.1. The van der Waals surface area contributed by atoms with E-state index in [9.17, 15) is 4.79 Å². The third-order valence-electron chi connectivity index (χ3n) is 3.63. The average molecular weight is 245 g/mol. The van der Waals surface area contributed by atoms with Crippen LogP contribution >= 0.6 is 0 Å². The first-order valence-electron chi connectivity index (χ1n) is 6.36. The van der Waals surface area contributed by atoms with Crippen molar-refractivity contribution < 1.29 is 14.3 Å². The van der Waals surface area contributed by atoms with E-state index in [0.29, 0.717) is 22.9 Å². The van der Waals surface area contributed by atoms with Crippen LogP contribution in [0.15, 0.2) is 22.6 Å². The summed E-state index contributed by atoms with van der Waals surface area (Å²) in [5.41, 5.74) is 1.26. The third kappa shape index (κ3) is 1.98. The molecule has 0 radical (unpaired) electrons. The smallest absolute Gasteiger partial charge is 0.338 e. The highest BCUT2D eigenvalue weighted by Crippen LogP contribution is 2.29. The van der Waals surface area contributed by atoms with Gasteiger partial charge >= 0.3 is 5.97 Å². The molecule has 3 rings (SSSR count). The largest absolute Gasteiger partial charge is 0.478 e. The molecular formula is C14H15NO3. The molecule has 1 aliphatic carbocycles. The van der Waals surface area contributed by atoms with Crippen LogP contribution in [0.25, 0.3) is 11.1 Å². The predicted molar refractivity (Wildman–Crippen MR) is 66.6 cm³/mol. The highest BCUT2D eigenvalue weighted by atomic mass is 16.4. The van der Waals surface area contributed by atoms with E-state index in [-0.39, 0.29) is 5.56 Å². The number of benzene rings is 1. The van der Waals surface area contributed by atoms with Crippen molar-refractivity contribution in [2.45, 2.75) is 32.1 Å². The van der Waals surface area contributed by atoms with Gasteiger partial charge in [-0.25, -0.2) is 9.78 Å². The van der Waals surface area contributed by atoms with Gasteiger partial charge in [-0.2, -0.15) is 0 Å². The van der Waals surface area contributed by atoms with Gasteiger partial charge in [-0.1, -0.05) is 18.9 Å². The van der Waals surface area contributed by atoms with Crippen molar-refractivity contribution in [3.63, 3.8) is 0 Å². The fourth-order valence-corrected chi connectivity index (χ4v) is 2.72. The van der Waals surface area contributed by atoms with Gasteiger partial charge in [-0.3, -0.25) is 0 Å². The van der Waals surface area contributed by atoms with Crippen LogP contribution in [0.3, 0.4) is 0 Å². The fourth-order valence-electron chi connectivity index (χ4n) is 2.72. The summed E-state index contributed by atoms with van der Waals surface area (Å²) in [6.07, 6.45) is 5.85. The van der Waals surface area contributed by atoms with Gasteiger partial charge in [0.2, 0.25) is 0 Å². The number of carboxylic acids is 1. The molecule has 18 heavy (non-hydrogen) atoms. The van der Waals surface area contributed by atoms with Gasteiger partial charge in [0.15, 0.2) is 11.5 Å². The summed E-state index contributed by atoms with van der Waals surface area (Å²) in [7, 11) is 0. The summed E-state index contributed by atoms with van der Waals surface area (Å²) in [6, 6.07) is 5.02. The van der Waals surface area contributed by atoms with E-state index in [1.165, 1.54) is 25.7 Å². The Morgan fingerprint density at radius 2 is 2.17 bits per heavy atom. The molecule has 0 aliphatic heterocycles. The first-order chi connectivity index (χ1) is 8.74. The molecule has 0 saturated heterocycles. The van der Waals surface area contributed by atoms with Crippen LogP contribution in [0.1, 0.15) is 41.9 Å². The SMILES string of the molecule is O=C(O)c1cccc2oc(CC3CCCC3)nc12. The lowest BCUT2D eigenvalue weighted by atomic mass is 10.0. The van der Waals surface area contributed by atoms with Crippen LogP contribution < -0.4 is 0 Å². The van der Waals surface area contributed by atoms with Gasteiger partial charge in [0.1, 0.15) is 5.52 Å². The maximum Gasteiger partial charge on any atom is 0.338 e. The molecule has 0 spiro atoms. The number of para-hydroxylation sites is 1. The molecule has 1 aromatic carbocycles. The molecule has 1 fully saturated rings. The van der Waals surface area contributed by atoms with Crippen molar-refractivity contribution >= 4 is 17.1 Å². The highest BCUT2D eigenvalue weighted by molar-refractivity contribution is 6.00. The second-order valence-electron chi connectivity index (χ2n) is 4.92. The molecule has 1 heterocycles. The van der Waals surface area contributed by atoms with Gasteiger partial charge in [0.25, 0.3) is 0 Å². The lowest BCUT2D eigenvalue weighted by Gasteiger charge is -2.03. The van der Waals surface area contributed by atoms with Crippen LogP contribution in [0.2, 0.25) is 0 Å². The van der Waals surface area contributed by atoms with E-state index in [1.54, 1.807) is 18.2 Å². The highest BCUT2D eigenvalue weighted by Gasteiger charge is 2.20. The number of nitrogens with zero attached hydrogens (tertiary/aromatic N) is 1. The van der Waals surface area contributed by atoms with Crippen LogP contribution in [-0.2, 0) is 6.42 Å². The second-order valence-corrected chi connectivity index (χ2v) is 4.92. The molecule has 1 aliphatic rings. The van der Waals surface area contributed by atoms with Gasteiger partial charge in [-0.15, -0.1) is 0 Å². The van der Waals surface area contributed by atoms with Crippen LogP contribution in [0.4, 0.5) is 0 Å². The van der Waals surface area contributed by atoms with Crippen LogP contribution in [0.5, 0.6) is 0 Å². The third-order valence-corrected chi connectivity index (χ3v) is 3.63. The van der Waals surface area contributed by atoms with Crippen molar-refractivity contribution in [3.05, 3.63) is 29.7 Å². The van der Waals surface area contributed by atoms with Crippen LogP contribution in [0, 0.1) is 5.92 Å². The molecule has 4 nitrogen and oxygen atoms in total. The lowest BCUT2D eigenvalue weighted by Crippen LogP contribution is -1.99. The van der Waals surface area contributed by atoms with Gasteiger partial charge in [0, 0.05) is 6.42 Å². The Morgan fingerprint density at radius 1 is 1.39 bits per heavy atom. The summed E-state index contributed by atoms with van der Waals surface area (Å²) in [5, 5.41) is 9.09. The molecule has 1 aromatic heterocycles. The summed E-state index contributed by atoms with van der Waals surface area (Å²) in [4.78, 5) is 15.4. The molecule has 1 N–H and O–H groups in total. The Hall–Kier alpha value is -1.84. The molecule has 4 heteroatoms.